The van der Waals surface area contributed by atoms with E-state index in [1.165, 1.54) is 17.5 Å². The maximum absolute atomic E-state index is 13.1. The summed E-state index contributed by atoms with van der Waals surface area (Å²) >= 11 is 0. The van der Waals surface area contributed by atoms with Crippen LogP contribution in [0.25, 0.3) is 22.4 Å². The van der Waals surface area contributed by atoms with Crippen molar-refractivity contribution in [1.82, 2.24) is 19.5 Å². The second-order valence-electron chi connectivity index (χ2n) is 10.7. The number of nitrogens with two attached hydrogens (primary N) is 1. The second kappa shape index (κ2) is 8.49. The summed E-state index contributed by atoms with van der Waals surface area (Å²) in [6, 6.07) is 8.22. The Labute approximate surface area is 228 Å². The van der Waals surface area contributed by atoms with Gasteiger partial charge in [-0.05, 0) is 33.9 Å². The van der Waals surface area contributed by atoms with E-state index in [2.05, 4.69) is 57.8 Å². The highest BCUT2D eigenvalue weighted by Crippen LogP contribution is 2.55. The summed E-state index contributed by atoms with van der Waals surface area (Å²) in [5, 5.41) is 23.2. The van der Waals surface area contributed by atoms with Gasteiger partial charge in [0.2, 0.25) is 5.95 Å². The molecule has 3 aromatic rings. The molecule has 5 aliphatic rings. The van der Waals surface area contributed by atoms with Gasteiger partial charge in [-0.1, -0.05) is 54.6 Å². The van der Waals surface area contributed by atoms with E-state index >= 15 is 0 Å². The maximum Gasteiger partial charge on any atom is 0.280 e. The molecule has 2 aromatic heterocycles. The summed E-state index contributed by atoms with van der Waals surface area (Å²) in [6.45, 7) is -0.303. The van der Waals surface area contributed by atoms with Crippen LogP contribution >= 0.6 is 0 Å². The molecular weight excluding hydrogens is 508 g/mol. The average Bonchev–Trinajstić information content (AvgIpc) is 3.57. The van der Waals surface area contributed by atoms with E-state index in [1.807, 2.05) is 18.2 Å². The molecule has 10 nitrogen and oxygen atoms in total. The molecule has 8 rings (SSSR count). The van der Waals surface area contributed by atoms with E-state index in [1.54, 1.807) is 4.57 Å². The number of fused-ring (bicyclic) bond motifs is 3. The van der Waals surface area contributed by atoms with E-state index < -0.39 is 24.0 Å². The molecule has 1 fully saturated rings. The molecule has 3 heterocycles. The molecule has 5 atom stereocenters. The van der Waals surface area contributed by atoms with Crippen LogP contribution in [0.3, 0.4) is 0 Å². The number of allylic oxidation sites excluding steroid dienone is 10. The van der Waals surface area contributed by atoms with E-state index in [9.17, 15) is 15.0 Å². The first-order chi connectivity index (χ1) is 19.5. The molecule has 6 N–H and O–H groups in total. The van der Waals surface area contributed by atoms with Crippen LogP contribution in [0, 0.1) is 11.8 Å². The number of anilines is 1. The number of H-pyrrole nitrogens is 1. The first-order valence-electron chi connectivity index (χ1n) is 13.3. The fourth-order valence-corrected chi connectivity index (χ4v) is 6.68. The van der Waals surface area contributed by atoms with Crippen LogP contribution < -0.4 is 16.6 Å². The Morgan fingerprint density at radius 2 is 1.93 bits per heavy atom. The van der Waals surface area contributed by atoms with Gasteiger partial charge in [0, 0.05) is 29.5 Å². The van der Waals surface area contributed by atoms with Crippen molar-refractivity contribution in [3.05, 3.63) is 111 Å². The Hall–Kier alpha value is -4.51. The Morgan fingerprint density at radius 3 is 2.75 bits per heavy atom. The molecule has 1 aromatic carbocycles. The van der Waals surface area contributed by atoms with E-state index in [4.69, 9.17) is 15.5 Å². The number of aliphatic hydroxyl groups excluding tert-OH is 2. The molecule has 0 bridgehead atoms. The van der Waals surface area contributed by atoms with Gasteiger partial charge in [0.25, 0.3) is 5.56 Å². The van der Waals surface area contributed by atoms with Gasteiger partial charge >= 0.3 is 0 Å². The molecule has 0 saturated carbocycles. The van der Waals surface area contributed by atoms with Crippen LogP contribution in [0.5, 0.6) is 0 Å². The third kappa shape index (κ3) is 3.24. The molecule has 10 heteroatoms. The smallest absolute Gasteiger partial charge is 0.280 e. The summed E-state index contributed by atoms with van der Waals surface area (Å²) in [7, 11) is 0. The van der Waals surface area contributed by atoms with Crippen molar-refractivity contribution in [2.24, 2.45) is 17.6 Å². The summed E-state index contributed by atoms with van der Waals surface area (Å²) in [6.07, 6.45) is 12.3. The van der Waals surface area contributed by atoms with Crippen LogP contribution in [-0.4, -0.2) is 48.5 Å². The van der Waals surface area contributed by atoms with Gasteiger partial charge < -0.3 is 26.0 Å². The number of imidazole rings is 1. The number of benzene rings is 1. The minimum Gasteiger partial charge on any atom is -0.398 e. The van der Waals surface area contributed by atoms with Gasteiger partial charge in [-0.25, -0.2) is 4.98 Å². The predicted molar refractivity (Wildman–Crippen MR) is 149 cm³/mol. The summed E-state index contributed by atoms with van der Waals surface area (Å²) in [5.41, 5.74) is 15.0. The Bertz CT molecular complexity index is 1850. The van der Waals surface area contributed by atoms with Crippen molar-refractivity contribution in [2.75, 3.05) is 11.9 Å². The van der Waals surface area contributed by atoms with Gasteiger partial charge in [0.15, 0.2) is 11.2 Å². The van der Waals surface area contributed by atoms with Crippen molar-refractivity contribution in [2.45, 2.75) is 24.9 Å². The number of hydrogen-bond acceptors (Lipinski definition) is 8. The van der Waals surface area contributed by atoms with Crippen LogP contribution in [0.15, 0.2) is 94.3 Å². The van der Waals surface area contributed by atoms with Gasteiger partial charge in [-0.2, -0.15) is 4.98 Å². The quantitative estimate of drug-likeness (QED) is 0.343. The Kier molecular flexibility index (Phi) is 4.96. The lowest BCUT2D eigenvalue weighted by atomic mass is 9.61. The minimum atomic E-state index is -0.824. The normalized spacial score (nSPS) is 28.0. The maximum atomic E-state index is 13.1. The number of hydrogen-bond donors (Lipinski definition) is 5. The highest BCUT2D eigenvalue weighted by molar-refractivity contribution is 5.95. The van der Waals surface area contributed by atoms with Crippen molar-refractivity contribution < 1.29 is 14.9 Å². The Morgan fingerprint density at radius 1 is 1.10 bits per heavy atom. The summed E-state index contributed by atoms with van der Waals surface area (Å²) in [4.78, 5) is 24.9. The molecular formula is C30H26N6O4. The highest BCUT2D eigenvalue weighted by atomic mass is 16.5. The number of rotatable bonds is 4. The lowest BCUT2D eigenvalue weighted by Crippen LogP contribution is -2.33. The number of nitrogens with one attached hydrogen (secondary N) is 2. The molecule has 1 aliphatic heterocycles. The predicted octanol–water partition coefficient (Wildman–Crippen LogP) is 2.51. The SMILES string of the molecule is NC1=C2C=CC3=C(Nc4nc5c(ncn5C5CC(O)C(CO)O5)c(=O)[nH]4)c4ccccc4C4=CC=C(C=C1)C2C43. The highest BCUT2D eigenvalue weighted by Gasteiger charge is 2.43. The van der Waals surface area contributed by atoms with Crippen molar-refractivity contribution >= 4 is 28.4 Å². The lowest BCUT2D eigenvalue weighted by Gasteiger charge is -2.43. The first-order valence-corrected chi connectivity index (χ1v) is 13.3. The number of ether oxygens (including phenoxy) is 1. The first kappa shape index (κ1) is 23.4. The third-order valence-corrected chi connectivity index (χ3v) is 8.55. The van der Waals surface area contributed by atoms with Crippen molar-refractivity contribution in [1.29, 1.82) is 0 Å². The molecule has 40 heavy (non-hydrogen) atoms. The minimum absolute atomic E-state index is 0.0608. The monoisotopic (exact) mass is 534 g/mol. The Balaban J connectivity index is 1.27. The largest absolute Gasteiger partial charge is 0.398 e. The number of nitrogens with zero attached hydrogens (tertiary/aromatic N) is 3. The third-order valence-electron chi connectivity index (χ3n) is 8.55. The summed E-state index contributed by atoms with van der Waals surface area (Å²) in [5.74, 6) is 0.438. The fourth-order valence-electron chi connectivity index (χ4n) is 6.68. The van der Waals surface area contributed by atoms with Gasteiger partial charge in [-0.3, -0.25) is 14.3 Å². The van der Waals surface area contributed by atoms with Gasteiger partial charge in [-0.15, -0.1) is 0 Å². The van der Waals surface area contributed by atoms with Gasteiger partial charge in [0.1, 0.15) is 12.3 Å². The summed E-state index contributed by atoms with van der Waals surface area (Å²) < 4.78 is 7.44. The lowest BCUT2D eigenvalue weighted by molar-refractivity contribution is -0.0432. The van der Waals surface area contributed by atoms with Crippen LogP contribution in [0.1, 0.15) is 23.8 Å². The van der Waals surface area contributed by atoms with Crippen molar-refractivity contribution in [3.8, 4) is 0 Å². The van der Waals surface area contributed by atoms with E-state index in [0.717, 1.165) is 33.7 Å². The van der Waals surface area contributed by atoms with Crippen LogP contribution in [-0.2, 0) is 4.74 Å². The van der Waals surface area contributed by atoms with E-state index in [-0.39, 0.29) is 36.3 Å². The van der Waals surface area contributed by atoms with Gasteiger partial charge in [0.05, 0.1) is 24.7 Å². The average molecular weight is 535 g/mol. The molecule has 5 unspecified atom stereocenters. The molecule has 0 radical (unpaired) electrons. The molecule has 4 aliphatic carbocycles. The zero-order chi connectivity index (χ0) is 27.1. The van der Waals surface area contributed by atoms with Crippen molar-refractivity contribution in [3.63, 3.8) is 0 Å². The topological polar surface area (TPSA) is 151 Å². The molecule has 200 valence electrons. The van der Waals surface area contributed by atoms with Crippen LogP contribution in [0.2, 0.25) is 0 Å². The number of aliphatic hydroxyl groups is 2. The standard InChI is InChI=1S/C30H26N6O4/c31-20-10-6-14-5-7-16-15-3-1-2-4-17(15)26(19-9-8-18(20)24(14)25(16)19)33-30-34-28-27(29(39)35-30)32-13-36(28)23-11-21(38)22(12-37)40-23/h1-10,13,21-25,37-38H,11-12,31H2,(H2,33,34,35,39). The molecule has 0 spiro atoms. The zero-order valence-electron chi connectivity index (χ0n) is 21.3. The number of aromatic nitrogens is 4. The second-order valence-corrected chi connectivity index (χ2v) is 10.7. The zero-order valence-corrected chi connectivity index (χ0v) is 21.3. The van der Waals surface area contributed by atoms with Crippen LogP contribution in [0.4, 0.5) is 5.95 Å². The fraction of sp³-hybridized carbons (Fsp3) is 0.233. The molecule has 1 saturated heterocycles. The number of aromatic amines is 1. The van der Waals surface area contributed by atoms with E-state index in [0.29, 0.717) is 5.65 Å². The molecule has 0 amide bonds.